The van der Waals surface area contributed by atoms with E-state index in [1.807, 2.05) is 18.9 Å². The minimum absolute atomic E-state index is 0. The monoisotopic (exact) mass is 248 g/mol. The molecule has 1 amide bonds. The zero-order valence-corrected chi connectivity index (χ0v) is 11.4. The summed E-state index contributed by atoms with van der Waals surface area (Å²) in [5.74, 6) is 0.838. The molecule has 0 aliphatic heterocycles. The molecule has 4 heteroatoms. The van der Waals surface area contributed by atoms with E-state index in [9.17, 15) is 4.79 Å². The van der Waals surface area contributed by atoms with Crippen LogP contribution in [0.5, 0.6) is 0 Å². The van der Waals surface area contributed by atoms with Gasteiger partial charge in [-0.3, -0.25) is 4.79 Å². The smallest absolute Gasteiger partial charge is 0.224 e. The van der Waals surface area contributed by atoms with E-state index in [4.69, 9.17) is 5.73 Å². The van der Waals surface area contributed by atoms with Crippen LogP contribution in [-0.2, 0) is 4.79 Å². The zero-order valence-electron chi connectivity index (χ0n) is 10.6. The van der Waals surface area contributed by atoms with Gasteiger partial charge in [0.1, 0.15) is 0 Å². The van der Waals surface area contributed by atoms with Crippen molar-refractivity contribution in [3.63, 3.8) is 0 Å². The lowest BCUT2D eigenvalue weighted by Gasteiger charge is -2.36. The Morgan fingerprint density at radius 1 is 1.44 bits per heavy atom. The highest BCUT2D eigenvalue weighted by Gasteiger charge is 2.27. The van der Waals surface area contributed by atoms with E-state index < -0.39 is 0 Å². The topological polar surface area (TPSA) is 46.3 Å². The number of nitrogens with two attached hydrogens (primary N) is 1. The number of halogens is 1. The Morgan fingerprint density at radius 3 is 2.50 bits per heavy atom. The number of hydrogen-bond donors (Lipinski definition) is 1. The summed E-state index contributed by atoms with van der Waals surface area (Å²) < 4.78 is 0. The molecule has 0 heterocycles. The second-order valence-corrected chi connectivity index (χ2v) is 5.02. The highest BCUT2D eigenvalue weighted by atomic mass is 35.5. The van der Waals surface area contributed by atoms with Crippen molar-refractivity contribution in [2.24, 2.45) is 11.7 Å². The molecule has 1 rings (SSSR count). The van der Waals surface area contributed by atoms with Crippen LogP contribution in [0.2, 0.25) is 0 Å². The summed E-state index contributed by atoms with van der Waals surface area (Å²) in [6, 6.07) is 0.406. The van der Waals surface area contributed by atoms with E-state index in [0.29, 0.717) is 18.4 Å². The molecule has 3 atom stereocenters. The zero-order chi connectivity index (χ0) is 11.4. The summed E-state index contributed by atoms with van der Waals surface area (Å²) in [6.07, 6.45) is 5.44. The average molecular weight is 249 g/mol. The molecule has 0 aromatic rings. The fraction of sp³-hybridized carbons (Fsp3) is 0.917. The Hall–Kier alpha value is -0.280. The lowest BCUT2D eigenvalue weighted by Crippen LogP contribution is -2.44. The molecule has 0 radical (unpaired) electrons. The molecule has 16 heavy (non-hydrogen) atoms. The van der Waals surface area contributed by atoms with Crippen LogP contribution in [0.1, 0.15) is 46.0 Å². The van der Waals surface area contributed by atoms with E-state index in [0.717, 1.165) is 6.42 Å². The number of amides is 1. The van der Waals surface area contributed by atoms with Crippen LogP contribution in [0, 0.1) is 5.92 Å². The first-order valence-corrected chi connectivity index (χ1v) is 6.03. The van der Waals surface area contributed by atoms with Gasteiger partial charge in [0.25, 0.3) is 0 Å². The van der Waals surface area contributed by atoms with E-state index in [1.165, 1.54) is 19.3 Å². The van der Waals surface area contributed by atoms with Gasteiger partial charge in [-0.1, -0.05) is 19.8 Å². The van der Waals surface area contributed by atoms with Crippen molar-refractivity contribution in [3.05, 3.63) is 0 Å². The minimum Gasteiger partial charge on any atom is -0.342 e. The van der Waals surface area contributed by atoms with Gasteiger partial charge in [-0.15, -0.1) is 12.4 Å². The summed E-state index contributed by atoms with van der Waals surface area (Å²) in [5.41, 5.74) is 5.65. The van der Waals surface area contributed by atoms with Crippen molar-refractivity contribution >= 4 is 18.3 Å². The molecule has 96 valence electrons. The largest absolute Gasteiger partial charge is 0.342 e. The molecular formula is C12H25ClN2O. The van der Waals surface area contributed by atoms with Crippen LogP contribution in [0.3, 0.4) is 0 Å². The van der Waals surface area contributed by atoms with Gasteiger partial charge in [0.2, 0.25) is 5.91 Å². The molecule has 3 nitrogen and oxygen atoms in total. The van der Waals surface area contributed by atoms with E-state index in [2.05, 4.69) is 6.92 Å². The normalized spacial score (nSPS) is 26.8. The fourth-order valence-electron chi connectivity index (χ4n) is 2.48. The Kier molecular flexibility index (Phi) is 7.00. The molecule has 0 aromatic carbocycles. The maximum atomic E-state index is 11.8. The van der Waals surface area contributed by atoms with Crippen molar-refractivity contribution in [3.8, 4) is 0 Å². The van der Waals surface area contributed by atoms with Crippen LogP contribution in [0.15, 0.2) is 0 Å². The van der Waals surface area contributed by atoms with E-state index in [1.54, 1.807) is 0 Å². The molecule has 1 aliphatic rings. The van der Waals surface area contributed by atoms with Crippen LogP contribution < -0.4 is 5.73 Å². The van der Waals surface area contributed by atoms with E-state index in [-0.39, 0.29) is 24.4 Å². The Balaban J connectivity index is 0.00000225. The molecule has 0 bridgehead atoms. The van der Waals surface area contributed by atoms with Gasteiger partial charge in [-0.25, -0.2) is 0 Å². The van der Waals surface area contributed by atoms with Gasteiger partial charge in [0, 0.05) is 25.6 Å². The quantitative estimate of drug-likeness (QED) is 0.832. The van der Waals surface area contributed by atoms with Crippen molar-refractivity contribution < 1.29 is 4.79 Å². The maximum Gasteiger partial charge on any atom is 0.224 e. The third-order valence-electron chi connectivity index (χ3n) is 3.45. The Bertz CT molecular complexity index is 221. The van der Waals surface area contributed by atoms with Gasteiger partial charge in [0.05, 0.1) is 0 Å². The van der Waals surface area contributed by atoms with Crippen LogP contribution >= 0.6 is 12.4 Å². The lowest BCUT2D eigenvalue weighted by molar-refractivity contribution is -0.133. The van der Waals surface area contributed by atoms with E-state index >= 15 is 0 Å². The summed E-state index contributed by atoms with van der Waals surface area (Å²) >= 11 is 0. The lowest BCUT2D eigenvalue weighted by atomic mass is 9.85. The number of hydrogen-bond acceptors (Lipinski definition) is 2. The summed E-state index contributed by atoms with van der Waals surface area (Å²) in [6.45, 7) is 4.13. The Labute approximate surface area is 105 Å². The summed E-state index contributed by atoms with van der Waals surface area (Å²) in [7, 11) is 1.93. The second kappa shape index (κ2) is 7.13. The van der Waals surface area contributed by atoms with Gasteiger partial charge >= 0.3 is 0 Å². The van der Waals surface area contributed by atoms with Crippen LogP contribution in [0.25, 0.3) is 0 Å². The van der Waals surface area contributed by atoms with Gasteiger partial charge < -0.3 is 10.6 Å². The maximum absolute atomic E-state index is 11.8. The molecule has 0 aromatic heterocycles. The van der Waals surface area contributed by atoms with Crippen LogP contribution in [0.4, 0.5) is 0 Å². The molecule has 0 saturated heterocycles. The standard InChI is InChI=1S/C12H24N2O.ClH/c1-9-6-4-5-7-11(9)14(3)12(15)8-10(2)13;/h9-11H,4-8,13H2,1-3H3;1H. The molecule has 1 aliphatic carbocycles. The first-order valence-electron chi connectivity index (χ1n) is 6.03. The molecular weight excluding hydrogens is 224 g/mol. The molecule has 2 N–H and O–H groups in total. The summed E-state index contributed by atoms with van der Waals surface area (Å²) in [4.78, 5) is 13.8. The van der Waals surface area contributed by atoms with Gasteiger partial charge in [0.15, 0.2) is 0 Å². The predicted octanol–water partition coefficient (Wildman–Crippen LogP) is 2.18. The average Bonchev–Trinajstić information content (AvgIpc) is 2.16. The molecule has 0 spiro atoms. The third-order valence-corrected chi connectivity index (χ3v) is 3.45. The number of nitrogens with zero attached hydrogens (tertiary/aromatic N) is 1. The second-order valence-electron chi connectivity index (χ2n) is 5.02. The highest BCUT2D eigenvalue weighted by molar-refractivity contribution is 5.85. The molecule has 1 fully saturated rings. The van der Waals surface area contributed by atoms with Gasteiger partial charge in [-0.05, 0) is 25.7 Å². The predicted molar refractivity (Wildman–Crippen MR) is 69.7 cm³/mol. The van der Waals surface area contributed by atoms with Gasteiger partial charge in [-0.2, -0.15) is 0 Å². The number of rotatable bonds is 3. The third kappa shape index (κ3) is 4.30. The van der Waals surface area contributed by atoms with Crippen LogP contribution in [-0.4, -0.2) is 29.9 Å². The fourth-order valence-corrected chi connectivity index (χ4v) is 2.48. The number of carbonyl (C=O) groups is 1. The van der Waals surface area contributed by atoms with Crippen molar-refractivity contribution in [2.45, 2.75) is 58.0 Å². The first-order chi connectivity index (χ1) is 7.02. The highest BCUT2D eigenvalue weighted by Crippen LogP contribution is 2.27. The van der Waals surface area contributed by atoms with Crippen molar-refractivity contribution in [1.29, 1.82) is 0 Å². The summed E-state index contributed by atoms with van der Waals surface area (Å²) in [5, 5.41) is 0. The molecule has 1 saturated carbocycles. The number of carbonyl (C=O) groups excluding carboxylic acids is 1. The minimum atomic E-state index is -0.0288. The first kappa shape index (κ1) is 15.7. The molecule has 3 unspecified atom stereocenters. The SMILES string of the molecule is CC(N)CC(=O)N(C)C1CCCCC1C.Cl. The van der Waals surface area contributed by atoms with Crippen molar-refractivity contribution in [2.75, 3.05) is 7.05 Å². The van der Waals surface area contributed by atoms with Crippen molar-refractivity contribution in [1.82, 2.24) is 4.90 Å². The Morgan fingerprint density at radius 2 is 2.00 bits per heavy atom.